The van der Waals surface area contributed by atoms with E-state index in [1.165, 1.54) is 32.1 Å². The molecule has 0 bridgehead atoms. The van der Waals surface area contributed by atoms with Crippen LogP contribution in [0.25, 0.3) is 0 Å². The minimum Gasteiger partial charge on any atom is -0.339 e. The van der Waals surface area contributed by atoms with Gasteiger partial charge in [-0.2, -0.15) is 0 Å². The number of carbonyl (C=O) groups excluding carboxylic acids is 1. The van der Waals surface area contributed by atoms with Crippen LogP contribution in [0.5, 0.6) is 0 Å². The van der Waals surface area contributed by atoms with Crippen molar-refractivity contribution in [2.75, 3.05) is 19.6 Å². The molecule has 1 unspecified atom stereocenters. The van der Waals surface area contributed by atoms with Gasteiger partial charge in [0.25, 0.3) is 0 Å². The van der Waals surface area contributed by atoms with Crippen LogP contribution in [-0.2, 0) is 4.79 Å². The fraction of sp³-hybridized carbons (Fsp3) is 0.929. The van der Waals surface area contributed by atoms with Gasteiger partial charge >= 0.3 is 0 Å². The maximum atomic E-state index is 12.9. The molecule has 0 radical (unpaired) electrons. The highest BCUT2D eigenvalue weighted by Crippen LogP contribution is 2.45. The molecule has 0 aromatic heterocycles. The van der Waals surface area contributed by atoms with E-state index in [2.05, 4.69) is 17.1 Å². The zero-order chi connectivity index (χ0) is 11.9. The molecule has 104 valence electrons. The average molecular weight is 273 g/mol. The molecule has 3 nitrogen and oxygen atoms in total. The monoisotopic (exact) mass is 272 g/mol. The molecule has 3 aliphatic rings. The molecular formula is C14H25ClN2O. The molecule has 2 heterocycles. The van der Waals surface area contributed by atoms with E-state index in [0.29, 0.717) is 17.9 Å². The number of nitrogens with zero attached hydrogens (tertiary/aromatic N) is 1. The van der Waals surface area contributed by atoms with Gasteiger partial charge in [-0.25, -0.2) is 0 Å². The Balaban J connectivity index is 0.00000120. The maximum absolute atomic E-state index is 12.9. The molecule has 1 amide bonds. The largest absolute Gasteiger partial charge is 0.339 e. The number of likely N-dealkylation sites (tertiary alicyclic amines) is 1. The highest BCUT2D eigenvalue weighted by molar-refractivity contribution is 5.85. The minimum atomic E-state index is -0.0309. The van der Waals surface area contributed by atoms with Crippen LogP contribution in [0.3, 0.4) is 0 Å². The fourth-order valence-corrected chi connectivity index (χ4v) is 4.19. The second-order valence-corrected chi connectivity index (χ2v) is 6.22. The van der Waals surface area contributed by atoms with Crippen LogP contribution in [0.2, 0.25) is 0 Å². The summed E-state index contributed by atoms with van der Waals surface area (Å²) in [7, 11) is 0. The fourth-order valence-electron chi connectivity index (χ4n) is 4.19. The molecule has 3 rings (SSSR count). The molecule has 2 aliphatic heterocycles. The number of amides is 1. The van der Waals surface area contributed by atoms with Crippen LogP contribution in [0.15, 0.2) is 0 Å². The molecule has 1 aliphatic carbocycles. The van der Waals surface area contributed by atoms with Crippen LogP contribution in [0, 0.1) is 11.3 Å². The Morgan fingerprint density at radius 3 is 2.83 bits per heavy atom. The number of hydrogen-bond acceptors (Lipinski definition) is 2. The van der Waals surface area contributed by atoms with Crippen LogP contribution in [0.1, 0.15) is 45.4 Å². The smallest absolute Gasteiger partial charge is 0.230 e. The van der Waals surface area contributed by atoms with Crippen LogP contribution < -0.4 is 5.32 Å². The number of halogens is 1. The van der Waals surface area contributed by atoms with Gasteiger partial charge in [0.15, 0.2) is 0 Å². The highest BCUT2D eigenvalue weighted by atomic mass is 35.5. The Morgan fingerprint density at radius 1 is 1.28 bits per heavy atom. The molecule has 3 atom stereocenters. The molecule has 18 heavy (non-hydrogen) atoms. The van der Waals surface area contributed by atoms with Gasteiger partial charge in [-0.05, 0) is 45.1 Å². The van der Waals surface area contributed by atoms with E-state index >= 15 is 0 Å². The summed E-state index contributed by atoms with van der Waals surface area (Å²) in [6.07, 6.45) is 7.32. The van der Waals surface area contributed by atoms with E-state index in [4.69, 9.17) is 0 Å². The zero-order valence-corrected chi connectivity index (χ0v) is 12.1. The lowest BCUT2D eigenvalue weighted by Gasteiger charge is -2.41. The summed E-state index contributed by atoms with van der Waals surface area (Å²) in [5, 5.41) is 3.48. The molecule has 4 heteroatoms. The van der Waals surface area contributed by atoms with Gasteiger partial charge in [-0.3, -0.25) is 4.79 Å². The molecular weight excluding hydrogens is 248 g/mol. The third-order valence-corrected chi connectivity index (χ3v) is 5.28. The Bertz CT molecular complexity index is 323. The van der Waals surface area contributed by atoms with E-state index in [9.17, 15) is 4.79 Å². The summed E-state index contributed by atoms with van der Waals surface area (Å²) in [6.45, 7) is 5.20. The summed E-state index contributed by atoms with van der Waals surface area (Å²) >= 11 is 0. The summed E-state index contributed by atoms with van der Waals surface area (Å²) < 4.78 is 0. The van der Waals surface area contributed by atoms with E-state index in [0.717, 1.165) is 26.1 Å². The van der Waals surface area contributed by atoms with Crippen LogP contribution in [0.4, 0.5) is 0 Å². The number of rotatable bonds is 1. The topological polar surface area (TPSA) is 32.3 Å². The Labute approximate surface area is 116 Å². The summed E-state index contributed by atoms with van der Waals surface area (Å²) in [5.74, 6) is 1.08. The SMILES string of the molecule is CC1CCCN1C(=O)[C@@]12CCCC[C@H]1CNC2.Cl. The number of carbonyl (C=O) groups is 1. The standard InChI is InChI=1S/C14H24N2O.ClH/c1-11-5-4-8-16(11)13(17)14-7-3-2-6-12(14)9-15-10-14;/h11-12,15H,2-10H2,1H3;1H/t11?,12-,14+;/m0./s1. The quantitative estimate of drug-likeness (QED) is 0.794. The molecule has 0 spiro atoms. The summed E-state index contributed by atoms with van der Waals surface area (Å²) in [5.41, 5.74) is -0.0309. The van der Waals surface area contributed by atoms with Crippen molar-refractivity contribution in [1.29, 1.82) is 0 Å². The van der Waals surface area contributed by atoms with Crippen molar-refractivity contribution in [2.45, 2.75) is 51.5 Å². The van der Waals surface area contributed by atoms with Gasteiger partial charge in [0.05, 0.1) is 5.41 Å². The first-order valence-electron chi connectivity index (χ1n) is 7.26. The molecule has 0 aromatic rings. The van der Waals surface area contributed by atoms with Gasteiger partial charge in [0.1, 0.15) is 0 Å². The average Bonchev–Trinajstić information content (AvgIpc) is 2.94. The Hall–Kier alpha value is -0.280. The minimum absolute atomic E-state index is 0. The third-order valence-electron chi connectivity index (χ3n) is 5.28. The van der Waals surface area contributed by atoms with Crippen molar-refractivity contribution < 1.29 is 4.79 Å². The van der Waals surface area contributed by atoms with Crippen molar-refractivity contribution >= 4 is 18.3 Å². The Kier molecular flexibility index (Phi) is 4.22. The van der Waals surface area contributed by atoms with E-state index in [1.54, 1.807) is 0 Å². The van der Waals surface area contributed by atoms with Gasteiger partial charge in [-0.1, -0.05) is 12.8 Å². The van der Waals surface area contributed by atoms with Crippen molar-refractivity contribution in [3.63, 3.8) is 0 Å². The van der Waals surface area contributed by atoms with Crippen molar-refractivity contribution in [3.05, 3.63) is 0 Å². The second kappa shape index (κ2) is 5.38. The van der Waals surface area contributed by atoms with Gasteiger partial charge in [0, 0.05) is 19.1 Å². The van der Waals surface area contributed by atoms with E-state index in [1.807, 2.05) is 0 Å². The molecule has 3 fully saturated rings. The number of fused-ring (bicyclic) bond motifs is 1. The van der Waals surface area contributed by atoms with Gasteiger partial charge < -0.3 is 10.2 Å². The van der Waals surface area contributed by atoms with E-state index < -0.39 is 0 Å². The number of hydrogen-bond donors (Lipinski definition) is 1. The first-order chi connectivity index (χ1) is 8.24. The summed E-state index contributed by atoms with van der Waals surface area (Å²) in [4.78, 5) is 15.1. The first-order valence-corrected chi connectivity index (χ1v) is 7.26. The molecule has 2 saturated heterocycles. The lowest BCUT2D eigenvalue weighted by molar-refractivity contribution is -0.146. The molecule has 1 saturated carbocycles. The summed E-state index contributed by atoms with van der Waals surface area (Å²) in [6, 6.07) is 0.472. The zero-order valence-electron chi connectivity index (χ0n) is 11.3. The van der Waals surface area contributed by atoms with E-state index in [-0.39, 0.29) is 17.8 Å². The van der Waals surface area contributed by atoms with Gasteiger partial charge in [0.2, 0.25) is 5.91 Å². The third kappa shape index (κ3) is 2.05. The molecule has 0 aromatic carbocycles. The lowest BCUT2D eigenvalue weighted by atomic mass is 9.67. The Morgan fingerprint density at radius 2 is 2.11 bits per heavy atom. The van der Waals surface area contributed by atoms with Gasteiger partial charge in [-0.15, -0.1) is 12.4 Å². The lowest BCUT2D eigenvalue weighted by Crippen LogP contribution is -2.50. The first kappa shape index (κ1) is 14.1. The van der Waals surface area contributed by atoms with Crippen molar-refractivity contribution in [3.8, 4) is 0 Å². The highest BCUT2D eigenvalue weighted by Gasteiger charge is 2.52. The van der Waals surface area contributed by atoms with Crippen molar-refractivity contribution in [1.82, 2.24) is 10.2 Å². The second-order valence-electron chi connectivity index (χ2n) is 6.22. The normalized spacial score (nSPS) is 39.3. The number of nitrogens with one attached hydrogen (secondary N) is 1. The molecule has 1 N–H and O–H groups in total. The van der Waals surface area contributed by atoms with Crippen molar-refractivity contribution in [2.24, 2.45) is 11.3 Å². The van der Waals surface area contributed by atoms with Crippen LogP contribution in [-0.4, -0.2) is 36.5 Å². The predicted molar refractivity (Wildman–Crippen MR) is 74.9 cm³/mol. The van der Waals surface area contributed by atoms with Crippen LogP contribution >= 0.6 is 12.4 Å². The maximum Gasteiger partial charge on any atom is 0.230 e. The predicted octanol–water partition coefficient (Wildman–Crippen LogP) is 2.20.